The summed E-state index contributed by atoms with van der Waals surface area (Å²) in [5.74, 6) is 0.546. The van der Waals surface area contributed by atoms with Crippen LogP contribution < -0.4 is 0 Å². The smallest absolute Gasteiger partial charge is 0.0595 e. The zero-order valence-corrected chi connectivity index (χ0v) is 5.44. The van der Waals surface area contributed by atoms with Crippen molar-refractivity contribution in [2.45, 2.75) is 12.8 Å². The summed E-state index contributed by atoms with van der Waals surface area (Å²) in [4.78, 5) is 3.21. The van der Waals surface area contributed by atoms with Crippen molar-refractivity contribution in [2.75, 3.05) is 0 Å². The van der Waals surface area contributed by atoms with Crippen LogP contribution in [-0.4, -0.2) is 4.98 Å². The number of rotatable bonds is 1. The van der Waals surface area contributed by atoms with Gasteiger partial charge in [-0.3, -0.25) is 0 Å². The molecule has 2 bridgehead atoms. The summed E-state index contributed by atoms with van der Waals surface area (Å²) in [5, 5.41) is 0. The topological polar surface area (TPSA) is 15.8 Å². The molecule has 3 rings (SSSR count). The zero-order valence-electron chi connectivity index (χ0n) is 5.44. The molecule has 1 heteroatoms. The summed E-state index contributed by atoms with van der Waals surface area (Å²) in [6.07, 6.45) is 0. The van der Waals surface area contributed by atoms with E-state index in [1.807, 2.05) is 0 Å². The van der Waals surface area contributed by atoms with Crippen LogP contribution in [0, 0.1) is 0 Å². The van der Waals surface area contributed by atoms with Gasteiger partial charge in [0.25, 0.3) is 0 Å². The van der Waals surface area contributed by atoms with E-state index in [0.29, 0.717) is 5.92 Å². The van der Waals surface area contributed by atoms with Crippen molar-refractivity contribution in [3.05, 3.63) is 35.7 Å². The Bertz CT molecular complexity index is 231. The first-order chi connectivity index (χ1) is 4.29. The lowest BCUT2D eigenvalue weighted by Gasteiger charge is -2.20. The number of aromatic nitrogens is 1. The molecule has 1 nitrogen and oxygen atoms in total. The molecule has 0 radical (unpaired) electrons. The Morgan fingerprint density at radius 1 is 1.56 bits per heavy atom. The minimum Gasteiger partial charge on any atom is -0.361 e. The van der Waals surface area contributed by atoms with E-state index in [4.69, 9.17) is 0 Å². The SMILES string of the molecule is C=C(C)C1c2ccc1[nH]2. The summed E-state index contributed by atoms with van der Waals surface area (Å²) in [7, 11) is 0. The normalized spacial score (nSPS) is 15.2. The fourth-order valence-electron chi connectivity index (χ4n) is 1.39. The van der Waals surface area contributed by atoms with Crippen molar-refractivity contribution < 1.29 is 0 Å². The third-order valence-corrected chi connectivity index (χ3v) is 1.85. The molecule has 0 spiro atoms. The Morgan fingerprint density at radius 3 is 2.33 bits per heavy atom. The van der Waals surface area contributed by atoms with E-state index in [0.717, 1.165) is 0 Å². The van der Waals surface area contributed by atoms with Crippen molar-refractivity contribution in [1.29, 1.82) is 0 Å². The van der Waals surface area contributed by atoms with Gasteiger partial charge in [-0.15, -0.1) is 0 Å². The number of allylic oxidation sites excluding steroid dienone is 1. The molecule has 9 heavy (non-hydrogen) atoms. The van der Waals surface area contributed by atoms with Crippen LogP contribution >= 0.6 is 0 Å². The van der Waals surface area contributed by atoms with Crippen molar-refractivity contribution in [1.82, 2.24) is 4.98 Å². The third-order valence-electron chi connectivity index (χ3n) is 1.85. The van der Waals surface area contributed by atoms with E-state index < -0.39 is 0 Å². The van der Waals surface area contributed by atoms with Gasteiger partial charge in [-0.05, 0) is 19.1 Å². The highest BCUT2D eigenvalue weighted by molar-refractivity contribution is 5.42. The van der Waals surface area contributed by atoms with E-state index in [2.05, 4.69) is 30.6 Å². The zero-order chi connectivity index (χ0) is 6.43. The molecule has 2 aliphatic rings. The molecule has 0 saturated heterocycles. The van der Waals surface area contributed by atoms with Crippen LogP contribution in [0.3, 0.4) is 0 Å². The monoisotopic (exact) mass is 119 g/mol. The van der Waals surface area contributed by atoms with Crippen LogP contribution in [0.25, 0.3) is 0 Å². The van der Waals surface area contributed by atoms with Gasteiger partial charge in [0.05, 0.1) is 5.92 Å². The molecule has 1 N–H and O–H groups in total. The van der Waals surface area contributed by atoms with Gasteiger partial charge in [0.2, 0.25) is 0 Å². The van der Waals surface area contributed by atoms with E-state index in [1.165, 1.54) is 17.0 Å². The molecule has 0 atom stereocenters. The second kappa shape index (κ2) is 1.29. The molecule has 0 amide bonds. The number of H-pyrrole nitrogens is 1. The van der Waals surface area contributed by atoms with Crippen LogP contribution in [0.4, 0.5) is 0 Å². The number of fused-ring (bicyclic) bond motifs is 1. The fourth-order valence-corrected chi connectivity index (χ4v) is 1.39. The van der Waals surface area contributed by atoms with Crippen LogP contribution in [0.2, 0.25) is 0 Å². The molecule has 0 saturated carbocycles. The Morgan fingerprint density at radius 2 is 2.11 bits per heavy atom. The van der Waals surface area contributed by atoms with Gasteiger partial charge in [0.15, 0.2) is 0 Å². The fraction of sp³-hybridized carbons (Fsp3) is 0.250. The maximum Gasteiger partial charge on any atom is 0.0595 e. The summed E-state index contributed by atoms with van der Waals surface area (Å²) in [5.41, 5.74) is 3.87. The highest BCUT2D eigenvalue weighted by Gasteiger charge is 2.25. The maximum absolute atomic E-state index is 3.90. The second-order valence-electron chi connectivity index (χ2n) is 2.65. The average Bonchev–Trinajstić information content (AvgIpc) is 2.13. The number of hydrogen-bond acceptors (Lipinski definition) is 0. The van der Waals surface area contributed by atoms with Gasteiger partial charge in [-0.1, -0.05) is 12.2 Å². The van der Waals surface area contributed by atoms with Crippen LogP contribution in [0.5, 0.6) is 0 Å². The highest BCUT2D eigenvalue weighted by Crippen LogP contribution is 2.37. The molecule has 1 aromatic heterocycles. The lowest BCUT2D eigenvalue weighted by atomic mass is 9.94. The maximum atomic E-state index is 3.90. The molecule has 46 valence electrons. The first kappa shape index (κ1) is 4.86. The summed E-state index contributed by atoms with van der Waals surface area (Å²) >= 11 is 0. The van der Waals surface area contributed by atoms with Gasteiger partial charge in [-0.25, -0.2) is 0 Å². The summed E-state index contributed by atoms with van der Waals surface area (Å²) in [6, 6.07) is 4.24. The largest absolute Gasteiger partial charge is 0.361 e. The molecule has 0 aromatic carbocycles. The molecule has 1 aromatic rings. The van der Waals surface area contributed by atoms with Crippen molar-refractivity contribution in [2.24, 2.45) is 0 Å². The third kappa shape index (κ3) is 0.441. The van der Waals surface area contributed by atoms with Crippen LogP contribution in [-0.2, 0) is 0 Å². The van der Waals surface area contributed by atoms with Gasteiger partial charge < -0.3 is 4.98 Å². The first-order valence-corrected chi connectivity index (χ1v) is 3.13. The highest BCUT2D eigenvalue weighted by atomic mass is 14.8. The van der Waals surface area contributed by atoms with Gasteiger partial charge in [0, 0.05) is 11.4 Å². The molecule has 1 aliphatic heterocycles. The molecular weight excluding hydrogens is 110 g/mol. The van der Waals surface area contributed by atoms with Crippen LogP contribution in [0.1, 0.15) is 24.2 Å². The molecule has 0 fully saturated rings. The summed E-state index contributed by atoms with van der Waals surface area (Å²) < 4.78 is 0. The molecule has 1 aliphatic carbocycles. The van der Waals surface area contributed by atoms with Gasteiger partial charge >= 0.3 is 0 Å². The van der Waals surface area contributed by atoms with Crippen LogP contribution in [0.15, 0.2) is 24.3 Å². The lowest BCUT2D eigenvalue weighted by molar-refractivity contribution is 0.796. The minimum absolute atomic E-state index is 0.546. The Balaban J connectivity index is 2.40. The number of hydrogen-bond donors (Lipinski definition) is 1. The minimum atomic E-state index is 0.546. The standard InChI is InChI=1S/C8H9N/c1-5(2)8-6-3-4-7(8)9-6/h3-4,8-9H,1H2,2H3. The van der Waals surface area contributed by atoms with Crippen molar-refractivity contribution >= 4 is 0 Å². The Hall–Kier alpha value is -0.980. The predicted octanol–water partition coefficient (Wildman–Crippen LogP) is 2.04. The number of nitrogens with one attached hydrogen (secondary N) is 1. The molecule has 0 unspecified atom stereocenters. The van der Waals surface area contributed by atoms with E-state index in [9.17, 15) is 0 Å². The number of aromatic amines is 1. The molecule has 2 heterocycles. The van der Waals surface area contributed by atoms with E-state index in [-0.39, 0.29) is 0 Å². The van der Waals surface area contributed by atoms with Crippen molar-refractivity contribution in [3.8, 4) is 0 Å². The van der Waals surface area contributed by atoms with Gasteiger partial charge in [-0.2, -0.15) is 0 Å². The lowest BCUT2D eigenvalue weighted by Crippen LogP contribution is -2.09. The van der Waals surface area contributed by atoms with Crippen molar-refractivity contribution in [3.63, 3.8) is 0 Å². The second-order valence-corrected chi connectivity index (χ2v) is 2.65. The quantitative estimate of drug-likeness (QED) is 0.544. The first-order valence-electron chi connectivity index (χ1n) is 3.13. The Kier molecular flexibility index (Phi) is 0.699. The van der Waals surface area contributed by atoms with Gasteiger partial charge in [0.1, 0.15) is 0 Å². The predicted molar refractivity (Wildman–Crippen MR) is 37.4 cm³/mol. The average molecular weight is 119 g/mol. The Labute approximate surface area is 54.4 Å². The molecular formula is C8H9N. The van der Waals surface area contributed by atoms with E-state index >= 15 is 0 Å². The summed E-state index contributed by atoms with van der Waals surface area (Å²) in [6.45, 7) is 5.96. The van der Waals surface area contributed by atoms with E-state index in [1.54, 1.807) is 0 Å².